The molecular weight excluding hydrogens is 282 g/mol. The van der Waals surface area contributed by atoms with Crippen molar-refractivity contribution in [2.24, 2.45) is 0 Å². The standard InChI is InChI=1S/C13H17NO3S2/c1-10(19(2)17)9-14-13(16)12-7-6-11(18-12)5-3-4-8-15/h6-7,10,15H,4,8-9H2,1-2H3,(H,14,16). The van der Waals surface area contributed by atoms with Crippen molar-refractivity contribution >= 4 is 28.0 Å². The van der Waals surface area contributed by atoms with Gasteiger partial charge in [0.05, 0.1) is 16.4 Å². The van der Waals surface area contributed by atoms with Crippen molar-refractivity contribution in [2.75, 3.05) is 19.4 Å². The summed E-state index contributed by atoms with van der Waals surface area (Å²) in [5.41, 5.74) is 0. The average molecular weight is 299 g/mol. The molecule has 0 radical (unpaired) electrons. The van der Waals surface area contributed by atoms with Crippen LogP contribution in [-0.4, -0.2) is 39.9 Å². The monoisotopic (exact) mass is 299 g/mol. The van der Waals surface area contributed by atoms with E-state index >= 15 is 0 Å². The molecule has 1 amide bonds. The third-order valence-electron chi connectivity index (χ3n) is 2.39. The molecule has 19 heavy (non-hydrogen) atoms. The summed E-state index contributed by atoms with van der Waals surface area (Å²) in [5.74, 6) is 5.52. The number of carbonyl (C=O) groups is 1. The van der Waals surface area contributed by atoms with Gasteiger partial charge in [-0.2, -0.15) is 0 Å². The smallest absolute Gasteiger partial charge is 0.261 e. The van der Waals surface area contributed by atoms with Crippen molar-refractivity contribution in [3.05, 3.63) is 21.9 Å². The van der Waals surface area contributed by atoms with Gasteiger partial charge < -0.3 is 10.4 Å². The highest BCUT2D eigenvalue weighted by atomic mass is 32.2. The number of rotatable bonds is 5. The third-order valence-corrected chi connectivity index (χ3v) is 4.69. The SMILES string of the molecule is CC(CNC(=O)c1ccc(C#CCCO)s1)S(C)=O. The third kappa shape index (κ3) is 5.55. The maximum Gasteiger partial charge on any atom is 0.261 e. The minimum Gasteiger partial charge on any atom is -0.395 e. The largest absolute Gasteiger partial charge is 0.395 e. The lowest BCUT2D eigenvalue weighted by Gasteiger charge is -2.08. The van der Waals surface area contributed by atoms with Crippen molar-refractivity contribution in [3.63, 3.8) is 0 Å². The quantitative estimate of drug-likeness (QED) is 0.797. The molecule has 1 rings (SSSR count). The number of amides is 1. The Balaban J connectivity index is 2.54. The van der Waals surface area contributed by atoms with Crippen molar-refractivity contribution in [2.45, 2.75) is 18.6 Å². The van der Waals surface area contributed by atoms with Crippen LogP contribution in [0.15, 0.2) is 12.1 Å². The Morgan fingerprint density at radius 1 is 1.58 bits per heavy atom. The Morgan fingerprint density at radius 2 is 2.32 bits per heavy atom. The zero-order chi connectivity index (χ0) is 14.3. The Bertz CT molecular complexity index is 513. The fourth-order valence-corrected chi connectivity index (χ4v) is 2.29. The summed E-state index contributed by atoms with van der Waals surface area (Å²) in [7, 11) is -0.941. The molecule has 0 saturated carbocycles. The van der Waals surface area contributed by atoms with E-state index in [2.05, 4.69) is 17.2 Å². The molecule has 4 nitrogen and oxygen atoms in total. The van der Waals surface area contributed by atoms with Crippen molar-refractivity contribution < 1.29 is 14.1 Å². The lowest BCUT2D eigenvalue weighted by Crippen LogP contribution is -2.32. The van der Waals surface area contributed by atoms with Gasteiger partial charge in [-0.25, -0.2) is 0 Å². The summed E-state index contributed by atoms with van der Waals surface area (Å²) in [6.07, 6.45) is 2.05. The van der Waals surface area contributed by atoms with Gasteiger partial charge in [0.2, 0.25) is 0 Å². The van der Waals surface area contributed by atoms with Gasteiger partial charge >= 0.3 is 0 Å². The van der Waals surface area contributed by atoms with Crippen LogP contribution in [-0.2, 0) is 10.8 Å². The van der Waals surface area contributed by atoms with E-state index in [9.17, 15) is 9.00 Å². The number of nitrogens with one attached hydrogen (secondary N) is 1. The van der Waals surface area contributed by atoms with Crippen LogP contribution in [0, 0.1) is 11.8 Å². The van der Waals surface area contributed by atoms with Gasteiger partial charge in [-0.3, -0.25) is 9.00 Å². The molecule has 1 aromatic heterocycles. The first-order valence-corrected chi connectivity index (χ1v) is 8.28. The molecule has 2 N–H and O–H groups in total. The van der Waals surface area contributed by atoms with Crippen LogP contribution in [0.4, 0.5) is 0 Å². The van der Waals surface area contributed by atoms with E-state index in [1.165, 1.54) is 11.3 Å². The second-order valence-corrected chi connectivity index (χ2v) is 6.84. The summed E-state index contributed by atoms with van der Waals surface area (Å²) in [6, 6.07) is 3.50. The van der Waals surface area contributed by atoms with Crippen LogP contribution in [0.25, 0.3) is 0 Å². The van der Waals surface area contributed by atoms with Crippen LogP contribution in [0.5, 0.6) is 0 Å². The molecule has 0 saturated heterocycles. The van der Waals surface area contributed by atoms with Crippen molar-refractivity contribution in [1.29, 1.82) is 0 Å². The van der Waals surface area contributed by atoms with Gasteiger partial charge in [0.15, 0.2) is 0 Å². The maximum atomic E-state index is 11.8. The zero-order valence-electron chi connectivity index (χ0n) is 10.9. The van der Waals surface area contributed by atoms with Gasteiger partial charge in [-0.1, -0.05) is 11.8 Å². The van der Waals surface area contributed by atoms with E-state index in [1.54, 1.807) is 18.4 Å². The molecular formula is C13H17NO3S2. The van der Waals surface area contributed by atoms with Gasteiger partial charge in [0, 0.05) is 35.3 Å². The number of thiophene rings is 1. The fourth-order valence-electron chi connectivity index (χ4n) is 1.17. The number of aliphatic hydroxyl groups excluding tert-OH is 1. The molecule has 1 aromatic rings. The zero-order valence-corrected chi connectivity index (χ0v) is 12.6. The highest BCUT2D eigenvalue weighted by molar-refractivity contribution is 7.84. The summed E-state index contributed by atoms with van der Waals surface area (Å²) in [6.45, 7) is 2.26. The molecule has 0 aliphatic heterocycles. The second kappa shape index (κ2) is 8.10. The minimum atomic E-state index is -0.941. The topological polar surface area (TPSA) is 66.4 Å². The molecule has 0 bridgehead atoms. The van der Waals surface area contributed by atoms with Crippen LogP contribution in [0.1, 0.15) is 27.9 Å². The molecule has 0 aliphatic carbocycles. The fraction of sp³-hybridized carbons (Fsp3) is 0.462. The Morgan fingerprint density at radius 3 is 2.95 bits per heavy atom. The first kappa shape index (κ1) is 15.9. The number of hydrogen-bond donors (Lipinski definition) is 2. The van der Waals surface area contributed by atoms with E-state index < -0.39 is 10.8 Å². The first-order valence-electron chi connectivity index (χ1n) is 5.84. The number of hydrogen-bond acceptors (Lipinski definition) is 4. The van der Waals surface area contributed by atoms with E-state index in [0.717, 1.165) is 4.88 Å². The predicted octanol–water partition coefficient (Wildman–Crippen LogP) is 0.979. The van der Waals surface area contributed by atoms with Crippen LogP contribution in [0.2, 0.25) is 0 Å². The van der Waals surface area contributed by atoms with Gasteiger partial charge in [-0.05, 0) is 19.1 Å². The van der Waals surface area contributed by atoms with E-state index in [1.807, 2.05) is 6.92 Å². The van der Waals surface area contributed by atoms with Crippen molar-refractivity contribution in [3.8, 4) is 11.8 Å². The van der Waals surface area contributed by atoms with E-state index in [4.69, 9.17) is 5.11 Å². The van der Waals surface area contributed by atoms with E-state index in [0.29, 0.717) is 17.8 Å². The van der Waals surface area contributed by atoms with Crippen LogP contribution in [0.3, 0.4) is 0 Å². The van der Waals surface area contributed by atoms with Gasteiger partial charge in [0.25, 0.3) is 5.91 Å². The number of carbonyl (C=O) groups excluding carboxylic acids is 1. The van der Waals surface area contributed by atoms with Gasteiger partial charge in [0.1, 0.15) is 0 Å². The van der Waals surface area contributed by atoms with Crippen molar-refractivity contribution in [1.82, 2.24) is 5.32 Å². The Kier molecular flexibility index (Phi) is 6.78. The van der Waals surface area contributed by atoms with Gasteiger partial charge in [-0.15, -0.1) is 11.3 Å². The predicted molar refractivity (Wildman–Crippen MR) is 78.8 cm³/mol. The summed E-state index contributed by atoms with van der Waals surface area (Å²) < 4.78 is 11.2. The molecule has 0 aromatic carbocycles. The van der Waals surface area contributed by atoms with E-state index in [-0.39, 0.29) is 17.8 Å². The molecule has 0 aliphatic rings. The highest BCUT2D eigenvalue weighted by Gasteiger charge is 2.11. The summed E-state index contributed by atoms with van der Waals surface area (Å²) >= 11 is 1.31. The lowest BCUT2D eigenvalue weighted by atomic mass is 10.3. The van der Waals surface area contributed by atoms with Crippen LogP contribution >= 0.6 is 11.3 Å². The summed E-state index contributed by atoms with van der Waals surface area (Å²) in [4.78, 5) is 13.2. The second-order valence-electron chi connectivity index (χ2n) is 3.96. The molecule has 104 valence electrons. The molecule has 2 unspecified atom stereocenters. The minimum absolute atomic E-state index is 0.0394. The molecule has 2 atom stereocenters. The van der Waals surface area contributed by atoms with Crippen LogP contribution < -0.4 is 5.32 Å². The number of aliphatic hydroxyl groups is 1. The average Bonchev–Trinajstić information content (AvgIpc) is 2.84. The molecule has 6 heteroatoms. The Labute approximate surface area is 119 Å². The lowest BCUT2D eigenvalue weighted by molar-refractivity contribution is 0.0958. The maximum absolute atomic E-state index is 11.8. The summed E-state index contributed by atoms with van der Waals surface area (Å²) in [5, 5.41) is 11.3. The Hall–Kier alpha value is -1.16. The highest BCUT2D eigenvalue weighted by Crippen LogP contribution is 2.15. The molecule has 0 spiro atoms. The molecule has 0 fully saturated rings. The molecule has 1 heterocycles. The first-order chi connectivity index (χ1) is 9.04. The normalized spacial score (nSPS) is 13.2.